The van der Waals surface area contributed by atoms with Crippen molar-refractivity contribution in [1.29, 1.82) is 0 Å². The quantitative estimate of drug-likeness (QED) is 0.599. The molecule has 0 saturated heterocycles. The molecule has 0 aliphatic heterocycles. The predicted molar refractivity (Wildman–Crippen MR) is 43.6 cm³/mol. The van der Waals surface area contributed by atoms with Crippen LogP contribution in [-0.4, -0.2) is 9.78 Å². The molecule has 11 heavy (non-hydrogen) atoms. The largest absolute Gasteiger partial charge is 0.288 e. The smallest absolute Gasteiger partial charge is 0.200 e. The molecule has 0 aromatic carbocycles. The summed E-state index contributed by atoms with van der Waals surface area (Å²) in [5, 5.41) is 3.90. The molecule has 1 rings (SSSR count). The van der Waals surface area contributed by atoms with E-state index in [9.17, 15) is 4.79 Å². The van der Waals surface area contributed by atoms with Crippen LogP contribution in [-0.2, 0) is 7.05 Å². The van der Waals surface area contributed by atoms with Gasteiger partial charge in [-0.1, -0.05) is 13.8 Å². The molecule has 0 atom stereocenters. The molecule has 0 fully saturated rings. The molecule has 0 spiro atoms. The summed E-state index contributed by atoms with van der Waals surface area (Å²) in [4.78, 5) is 10.9. The summed E-state index contributed by atoms with van der Waals surface area (Å²) in [5.41, 5.74) is 0.948. The number of rotatable bonds is 1. The second kappa shape index (κ2) is 2.86. The first-order valence-electron chi connectivity index (χ1n) is 3.64. The van der Waals surface area contributed by atoms with Crippen molar-refractivity contribution < 1.29 is 0 Å². The molecule has 1 heterocycles. The molecule has 0 radical (unpaired) electrons. The van der Waals surface area contributed by atoms with Crippen molar-refractivity contribution in [2.75, 3.05) is 0 Å². The van der Waals surface area contributed by atoms with Crippen LogP contribution in [0, 0.1) is 0 Å². The fraction of sp³-hybridized carbons (Fsp3) is 0.500. The Labute approximate surface area is 65.7 Å². The van der Waals surface area contributed by atoms with Crippen LogP contribution < -0.4 is 5.43 Å². The van der Waals surface area contributed by atoms with Crippen LogP contribution in [0.15, 0.2) is 17.1 Å². The molecule has 0 unspecified atom stereocenters. The van der Waals surface area contributed by atoms with Gasteiger partial charge in [0.25, 0.3) is 0 Å². The summed E-state index contributed by atoms with van der Waals surface area (Å²) in [5.74, 6) is 0.349. The third-order valence-electron chi connectivity index (χ3n) is 1.61. The first-order chi connectivity index (χ1) is 5.11. The lowest BCUT2D eigenvalue weighted by Crippen LogP contribution is -2.13. The maximum Gasteiger partial charge on any atom is 0.200 e. The van der Waals surface area contributed by atoms with E-state index in [1.807, 2.05) is 20.9 Å². The summed E-state index contributed by atoms with van der Waals surface area (Å²) in [7, 11) is 1.84. The number of aromatic nitrogens is 2. The minimum absolute atomic E-state index is 0.0215. The van der Waals surface area contributed by atoms with E-state index in [-0.39, 0.29) is 5.43 Å². The highest BCUT2D eigenvalue weighted by Crippen LogP contribution is 2.08. The standard InChI is InChI=1S/C8H12N2O/c1-6(2)8-4-7(11)5-9-10(8)3/h4-6H,1-3H3. The molecule has 3 heteroatoms. The molecule has 60 valence electrons. The second-order valence-electron chi connectivity index (χ2n) is 2.89. The first-order valence-corrected chi connectivity index (χ1v) is 3.64. The van der Waals surface area contributed by atoms with Crippen LogP contribution >= 0.6 is 0 Å². The van der Waals surface area contributed by atoms with E-state index >= 15 is 0 Å². The van der Waals surface area contributed by atoms with Gasteiger partial charge in [0.2, 0.25) is 0 Å². The highest BCUT2D eigenvalue weighted by Gasteiger charge is 2.02. The maximum atomic E-state index is 10.9. The zero-order valence-electron chi connectivity index (χ0n) is 7.03. The van der Waals surface area contributed by atoms with Gasteiger partial charge in [-0.05, 0) is 5.92 Å². The van der Waals surface area contributed by atoms with Gasteiger partial charge in [-0.2, -0.15) is 5.10 Å². The van der Waals surface area contributed by atoms with Crippen molar-refractivity contribution in [3.63, 3.8) is 0 Å². The van der Waals surface area contributed by atoms with Crippen molar-refractivity contribution in [2.45, 2.75) is 19.8 Å². The fourth-order valence-electron chi connectivity index (χ4n) is 1.03. The Morgan fingerprint density at radius 1 is 1.55 bits per heavy atom. The van der Waals surface area contributed by atoms with E-state index in [0.29, 0.717) is 5.92 Å². The molecule has 0 aliphatic rings. The fourth-order valence-corrected chi connectivity index (χ4v) is 1.03. The Balaban J connectivity index is 3.23. The van der Waals surface area contributed by atoms with Crippen molar-refractivity contribution in [1.82, 2.24) is 9.78 Å². The van der Waals surface area contributed by atoms with Gasteiger partial charge in [0.05, 0.1) is 6.20 Å². The molecular weight excluding hydrogens is 140 g/mol. The average Bonchev–Trinajstić information content (AvgIpc) is 1.94. The highest BCUT2D eigenvalue weighted by atomic mass is 16.1. The van der Waals surface area contributed by atoms with Gasteiger partial charge in [0, 0.05) is 18.8 Å². The van der Waals surface area contributed by atoms with Crippen LogP contribution in [0.3, 0.4) is 0 Å². The van der Waals surface area contributed by atoms with E-state index in [1.54, 1.807) is 10.7 Å². The molecule has 0 bridgehead atoms. The Hall–Kier alpha value is -1.12. The van der Waals surface area contributed by atoms with Crippen LogP contribution in [0.25, 0.3) is 0 Å². The van der Waals surface area contributed by atoms with Crippen LogP contribution in [0.4, 0.5) is 0 Å². The normalized spacial score (nSPS) is 10.5. The number of aryl methyl sites for hydroxylation is 1. The molecule has 1 aromatic rings. The van der Waals surface area contributed by atoms with Crippen LogP contribution in [0.1, 0.15) is 25.5 Å². The third-order valence-corrected chi connectivity index (χ3v) is 1.61. The van der Waals surface area contributed by atoms with Crippen molar-refractivity contribution >= 4 is 0 Å². The number of hydrogen-bond donors (Lipinski definition) is 0. The van der Waals surface area contributed by atoms with Crippen LogP contribution in [0.2, 0.25) is 0 Å². The van der Waals surface area contributed by atoms with E-state index in [2.05, 4.69) is 5.10 Å². The van der Waals surface area contributed by atoms with Gasteiger partial charge in [0.1, 0.15) is 0 Å². The average molecular weight is 152 g/mol. The van der Waals surface area contributed by atoms with E-state index in [4.69, 9.17) is 0 Å². The van der Waals surface area contributed by atoms with E-state index in [0.717, 1.165) is 5.69 Å². The molecule has 0 saturated carbocycles. The maximum absolute atomic E-state index is 10.9. The zero-order valence-corrected chi connectivity index (χ0v) is 7.03. The van der Waals surface area contributed by atoms with Gasteiger partial charge in [-0.3, -0.25) is 9.48 Å². The minimum Gasteiger partial charge on any atom is -0.288 e. The van der Waals surface area contributed by atoms with Gasteiger partial charge >= 0.3 is 0 Å². The van der Waals surface area contributed by atoms with Crippen LogP contribution in [0.5, 0.6) is 0 Å². The Bertz CT molecular complexity index is 301. The van der Waals surface area contributed by atoms with Crippen molar-refractivity contribution in [3.05, 3.63) is 28.2 Å². The summed E-state index contributed by atoms with van der Waals surface area (Å²) in [6.45, 7) is 4.08. The Morgan fingerprint density at radius 2 is 2.18 bits per heavy atom. The molecule has 0 amide bonds. The van der Waals surface area contributed by atoms with Gasteiger partial charge in [-0.25, -0.2) is 0 Å². The lowest BCUT2D eigenvalue weighted by molar-refractivity contribution is 0.637. The second-order valence-corrected chi connectivity index (χ2v) is 2.89. The lowest BCUT2D eigenvalue weighted by Gasteiger charge is -2.08. The monoisotopic (exact) mass is 152 g/mol. The lowest BCUT2D eigenvalue weighted by atomic mass is 10.1. The number of nitrogens with zero attached hydrogens (tertiary/aromatic N) is 2. The third kappa shape index (κ3) is 1.67. The van der Waals surface area contributed by atoms with Gasteiger partial charge in [-0.15, -0.1) is 0 Å². The Morgan fingerprint density at radius 3 is 2.64 bits per heavy atom. The molecular formula is C8H12N2O. The first kappa shape index (κ1) is 7.98. The molecule has 0 N–H and O–H groups in total. The minimum atomic E-state index is -0.0215. The topological polar surface area (TPSA) is 34.9 Å². The SMILES string of the molecule is CC(C)c1cc(=O)cnn1C. The van der Waals surface area contributed by atoms with Gasteiger partial charge in [0.15, 0.2) is 5.43 Å². The predicted octanol–water partition coefficient (Wildman–Crippen LogP) is 0.904. The van der Waals surface area contributed by atoms with Crippen molar-refractivity contribution in [2.24, 2.45) is 7.05 Å². The molecule has 3 nitrogen and oxygen atoms in total. The van der Waals surface area contributed by atoms with E-state index in [1.165, 1.54) is 6.20 Å². The Kier molecular flexibility index (Phi) is 2.08. The summed E-state index contributed by atoms with van der Waals surface area (Å²) in [6.07, 6.45) is 1.33. The molecule has 1 aromatic heterocycles. The number of hydrogen-bond acceptors (Lipinski definition) is 2. The van der Waals surface area contributed by atoms with Gasteiger partial charge < -0.3 is 0 Å². The van der Waals surface area contributed by atoms with E-state index < -0.39 is 0 Å². The highest BCUT2D eigenvalue weighted by molar-refractivity contribution is 5.05. The molecule has 0 aliphatic carbocycles. The summed E-state index contributed by atoms with van der Waals surface area (Å²) >= 11 is 0. The van der Waals surface area contributed by atoms with Crippen molar-refractivity contribution in [3.8, 4) is 0 Å². The zero-order chi connectivity index (χ0) is 8.43. The summed E-state index contributed by atoms with van der Waals surface area (Å²) in [6, 6.07) is 1.62. The summed E-state index contributed by atoms with van der Waals surface area (Å²) < 4.78 is 1.73.